The molecule has 0 aliphatic heterocycles. The molecule has 0 aliphatic carbocycles. The van der Waals surface area contributed by atoms with Gasteiger partial charge in [-0.3, -0.25) is 19.5 Å². The molecule has 1 aromatic carbocycles. The first-order chi connectivity index (χ1) is 12.3. The maximum atomic E-state index is 11.9. The van der Waals surface area contributed by atoms with Crippen LogP contribution in [0.15, 0.2) is 39.9 Å². The molecule has 0 fully saturated rings. The van der Waals surface area contributed by atoms with E-state index in [4.69, 9.17) is 0 Å². The Bertz CT molecular complexity index is 884. The van der Waals surface area contributed by atoms with Gasteiger partial charge in [0, 0.05) is 44.5 Å². The Balaban J connectivity index is 1.82. The lowest BCUT2D eigenvalue weighted by atomic mass is 10.1. The summed E-state index contributed by atoms with van der Waals surface area (Å²) in [5, 5.41) is 10.7. The molecule has 140 valence electrons. The van der Waals surface area contributed by atoms with E-state index < -0.39 is 4.92 Å². The lowest BCUT2D eigenvalue weighted by molar-refractivity contribution is -0.384. The van der Waals surface area contributed by atoms with E-state index >= 15 is 0 Å². The molecule has 0 bridgehead atoms. The number of nitro groups is 1. The molecule has 2 rings (SSSR count). The van der Waals surface area contributed by atoms with Gasteiger partial charge in [-0.25, -0.2) is 4.79 Å². The van der Waals surface area contributed by atoms with E-state index in [0.29, 0.717) is 6.42 Å². The molecule has 0 saturated carbocycles. The Hall–Kier alpha value is -2.74. The van der Waals surface area contributed by atoms with Gasteiger partial charge >= 0.3 is 5.69 Å². The summed E-state index contributed by atoms with van der Waals surface area (Å²) in [6.07, 6.45) is 2.29. The Labute approximate surface area is 151 Å². The van der Waals surface area contributed by atoms with Crippen LogP contribution in [0.4, 0.5) is 5.69 Å². The molecule has 2 aromatic rings. The molecule has 1 heterocycles. The van der Waals surface area contributed by atoms with Gasteiger partial charge in [-0.2, -0.15) is 0 Å². The van der Waals surface area contributed by atoms with Crippen molar-refractivity contribution in [2.24, 2.45) is 14.1 Å². The molecular formula is C18H24N4O4. The van der Waals surface area contributed by atoms with Crippen molar-refractivity contribution in [1.82, 2.24) is 14.0 Å². The third-order valence-electron chi connectivity index (χ3n) is 4.53. The summed E-state index contributed by atoms with van der Waals surface area (Å²) >= 11 is 0. The molecule has 0 aliphatic rings. The normalized spacial score (nSPS) is 11.1. The van der Waals surface area contributed by atoms with Crippen LogP contribution in [-0.4, -0.2) is 39.1 Å². The number of hydrogen-bond donors (Lipinski definition) is 0. The first-order valence-electron chi connectivity index (χ1n) is 8.47. The molecule has 0 radical (unpaired) electrons. The summed E-state index contributed by atoms with van der Waals surface area (Å²) in [5.74, 6) is 0. The minimum Gasteiger partial charge on any atom is -0.306 e. The fourth-order valence-electron chi connectivity index (χ4n) is 2.76. The van der Waals surface area contributed by atoms with Crippen LogP contribution in [0.25, 0.3) is 0 Å². The number of nitro benzene ring substituents is 1. The van der Waals surface area contributed by atoms with Gasteiger partial charge in [-0.05, 0) is 38.4 Å². The zero-order valence-electron chi connectivity index (χ0n) is 15.3. The van der Waals surface area contributed by atoms with Crippen molar-refractivity contribution in [2.45, 2.75) is 19.3 Å². The molecular weight excluding hydrogens is 336 g/mol. The smallest absolute Gasteiger partial charge is 0.306 e. The van der Waals surface area contributed by atoms with Crippen LogP contribution in [0.3, 0.4) is 0 Å². The SMILES string of the molecule is CN(CCCc1cc(=O)n(C)c(=O)n1C)CCc1ccc([N+](=O)[O-])cc1. The van der Waals surface area contributed by atoms with Gasteiger partial charge in [0.1, 0.15) is 0 Å². The van der Waals surface area contributed by atoms with Crippen molar-refractivity contribution in [3.8, 4) is 0 Å². The van der Waals surface area contributed by atoms with Gasteiger partial charge < -0.3 is 9.47 Å². The van der Waals surface area contributed by atoms with E-state index in [1.165, 1.54) is 29.8 Å². The molecule has 0 unspecified atom stereocenters. The predicted molar refractivity (Wildman–Crippen MR) is 99.5 cm³/mol. The molecule has 0 atom stereocenters. The Morgan fingerprint density at radius 1 is 1.04 bits per heavy atom. The lowest BCUT2D eigenvalue weighted by Crippen LogP contribution is -2.38. The van der Waals surface area contributed by atoms with Gasteiger partial charge in [0.05, 0.1) is 4.92 Å². The fraction of sp³-hybridized carbons (Fsp3) is 0.444. The van der Waals surface area contributed by atoms with Crippen molar-refractivity contribution in [1.29, 1.82) is 0 Å². The topological polar surface area (TPSA) is 90.4 Å². The Kier molecular flexibility index (Phi) is 6.46. The maximum Gasteiger partial charge on any atom is 0.330 e. The number of benzene rings is 1. The number of rotatable bonds is 8. The number of likely N-dealkylation sites (N-methyl/N-ethyl adjacent to an activating group) is 1. The number of aromatic nitrogens is 2. The van der Waals surface area contributed by atoms with E-state index in [-0.39, 0.29) is 16.9 Å². The number of aryl methyl sites for hydroxylation is 1. The largest absolute Gasteiger partial charge is 0.330 e. The molecule has 26 heavy (non-hydrogen) atoms. The van der Waals surface area contributed by atoms with Crippen molar-refractivity contribution in [3.63, 3.8) is 0 Å². The van der Waals surface area contributed by atoms with Crippen LogP contribution < -0.4 is 11.2 Å². The summed E-state index contributed by atoms with van der Waals surface area (Å²) in [5.41, 5.74) is 1.30. The predicted octanol–water partition coefficient (Wildman–Crippen LogP) is 1.10. The average molecular weight is 360 g/mol. The second-order valence-corrected chi connectivity index (χ2v) is 6.45. The van der Waals surface area contributed by atoms with Crippen LogP contribution >= 0.6 is 0 Å². The zero-order chi connectivity index (χ0) is 19.3. The number of non-ortho nitro benzene ring substituents is 1. The Morgan fingerprint density at radius 3 is 2.31 bits per heavy atom. The highest BCUT2D eigenvalue weighted by atomic mass is 16.6. The summed E-state index contributed by atoms with van der Waals surface area (Å²) in [4.78, 5) is 36.1. The first kappa shape index (κ1) is 19.6. The lowest BCUT2D eigenvalue weighted by Gasteiger charge is -2.17. The number of hydrogen-bond acceptors (Lipinski definition) is 5. The monoisotopic (exact) mass is 360 g/mol. The van der Waals surface area contributed by atoms with Gasteiger partial charge in [-0.15, -0.1) is 0 Å². The van der Waals surface area contributed by atoms with Crippen LogP contribution in [0.2, 0.25) is 0 Å². The number of nitrogens with zero attached hydrogens (tertiary/aromatic N) is 4. The summed E-state index contributed by atoms with van der Waals surface area (Å²) in [6.45, 7) is 1.66. The molecule has 1 aromatic heterocycles. The highest BCUT2D eigenvalue weighted by Crippen LogP contribution is 2.12. The van der Waals surface area contributed by atoms with E-state index in [9.17, 15) is 19.7 Å². The molecule has 0 amide bonds. The van der Waals surface area contributed by atoms with Crippen LogP contribution in [0, 0.1) is 10.1 Å². The quantitative estimate of drug-likeness (QED) is 0.519. The molecule has 0 spiro atoms. The second kappa shape index (κ2) is 8.57. The van der Waals surface area contributed by atoms with Crippen molar-refractivity contribution >= 4 is 5.69 Å². The van der Waals surface area contributed by atoms with E-state index in [1.807, 2.05) is 7.05 Å². The van der Waals surface area contributed by atoms with Gasteiger partial charge in [-0.1, -0.05) is 12.1 Å². The van der Waals surface area contributed by atoms with Crippen LogP contribution in [0.1, 0.15) is 17.7 Å². The Morgan fingerprint density at radius 2 is 1.69 bits per heavy atom. The molecule has 0 N–H and O–H groups in total. The van der Waals surface area contributed by atoms with Crippen molar-refractivity contribution in [3.05, 3.63) is 72.5 Å². The van der Waals surface area contributed by atoms with Crippen molar-refractivity contribution in [2.75, 3.05) is 20.1 Å². The minimum atomic E-state index is -0.403. The summed E-state index contributed by atoms with van der Waals surface area (Å²) < 4.78 is 2.61. The van der Waals surface area contributed by atoms with Crippen LogP contribution in [0.5, 0.6) is 0 Å². The molecule has 8 heteroatoms. The summed E-state index contributed by atoms with van der Waals surface area (Å²) in [6, 6.07) is 8.11. The third kappa shape index (κ3) is 4.89. The van der Waals surface area contributed by atoms with E-state index in [2.05, 4.69) is 4.90 Å². The van der Waals surface area contributed by atoms with Crippen LogP contribution in [-0.2, 0) is 26.9 Å². The third-order valence-corrected chi connectivity index (χ3v) is 4.53. The molecule has 8 nitrogen and oxygen atoms in total. The highest BCUT2D eigenvalue weighted by Gasteiger charge is 2.07. The molecule has 0 saturated heterocycles. The maximum absolute atomic E-state index is 11.9. The standard InChI is InChI=1S/C18H24N4O4/c1-19(12-10-14-6-8-15(9-7-14)22(25)26)11-4-5-16-13-17(23)21(3)18(24)20(16)2/h6-9,13H,4-5,10-12H2,1-3H3. The van der Waals surface area contributed by atoms with E-state index in [0.717, 1.165) is 41.8 Å². The first-order valence-corrected chi connectivity index (χ1v) is 8.47. The van der Waals surface area contributed by atoms with Gasteiger partial charge in [0.25, 0.3) is 11.2 Å². The summed E-state index contributed by atoms with van der Waals surface area (Å²) in [7, 11) is 5.16. The minimum absolute atomic E-state index is 0.0988. The van der Waals surface area contributed by atoms with Gasteiger partial charge in [0.2, 0.25) is 0 Å². The van der Waals surface area contributed by atoms with Crippen molar-refractivity contribution < 1.29 is 4.92 Å². The average Bonchev–Trinajstić information content (AvgIpc) is 2.62. The second-order valence-electron chi connectivity index (χ2n) is 6.45. The van der Waals surface area contributed by atoms with Gasteiger partial charge in [0.15, 0.2) is 0 Å². The highest BCUT2D eigenvalue weighted by molar-refractivity contribution is 5.32. The fourth-order valence-corrected chi connectivity index (χ4v) is 2.76. The zero-order valence-corrected chi connectivity index (χ0v) is 15.3. The van der Waals surface area contributed by atoms with E-state index in [1.54, 1.807) is 19.2 Å².